The molecule has 0 saturated heterocycles. The zero-order chi connectivity index (χ0) is 15.7. The Kier molecular flexibility index (Phi) is 7.43. The Morgan fingerprint density at radius 2 is 2.00 bits per heavy atom. The van der Waals surface area contributed by atoms with E-state index >= 15 is 0 Å². The summed E-state index contributed by atoms with van der Waals surface area (Å²) in [6.07, 6.45) is 2.19. The molecule has 0 unspecified atom stereocenters. The molecule has 0 fully saturated rings. The largest absolute Gasteiger partial charge is 0.355 e. The molecule has 21 heavy (non-hydrogen) atoms. The monoisotopic (exact) mass is 294 g/mol. The van der Waals surface area contributed by atoms with E-state index in [4.69, 9.17) is 0 Å². The highest BCUT2D eigenvalue weighted by atomic mass is 19.1. The van der Waals surface area contributed by atoms with Gasteiger partial charge in [0.05, 0.1) is 0 Å². The van der Waals surface area contributed by atoms with Crippen molar-refractivity contribution in [3.05, 3.63) is 35.6 Å². The van der Waals surface area contributed by atoms with E-state index < -0.39 is 0 Å². The smallest absolute Gasteiger partial charge is 0.231 e. The maximum absolute atomic E-state index is 13.4. The lowest BCUT2D eigenvalue weighted by molar-refractivity contribution is -0.135. The first kappa shape index (κ1) is 17.1. The van der Waals surface area contributed by atoms with E-state index in [1.165, 1.54) is 6.07 Å². The molecule has 1 rings (SSSR count). The highest BCUT2D eigenvalue weighted by Crippen LogP contribution is 2.06. The standard InChI is InChI=1S/C16H23FN2O2/c1-3-4-11-19(2)16(21)12-15(20)18-10-9-13-7-5-6-8-14(13)17/h5-8H,3-4,9-12H2,1-2H3,(H,18,20). The van der Waals surface area contributed by atoms with Crippen molar-refractivity contribution < 1.29 is 14.0 Å². The summed E-state index contributed by atoms with van der Waals surface area (Å²) in [4.78, 5) is 25.0. The van der Waals surface area contributed by atoms with Crippen molar-refractivity contribution in [2.24, 2.45) is 0 Å². The number of hydrogen-bond acceptors (Lipinski definition) is 2. The molecule has 0 aliphatic rings. The van der Waals surface area contributed by atoms with Crippen LogP contribution in [0.2, 0.25) is 0 Å². The summed E-state index contributed by atoms with van der Waals surface area (Å²) >= 11 is 0. The first-order valence-corrected chi connectivity index (χ1v) is 7.28. The molecule has 0 radical (unpaired) electrons. The fourth-order valence-electron chi connectivity index (χ4n) is 1.89. The van der Waals surface area contributed by atoms with Gasteiger partial charge in [0, 0.05) is 20.1 Å². The van der Waals surface area contributed by atoms with Crippen molar-refractivity contribution in [2.45, 2.75) is 32.6 Å². The van der Waals surface area contributed by atoms with Gasteiger partial charge in [0.2, 0.25) is 11.8 Å². The average molecular weight is 294 g/mol. The molecule has 0 aromatic heterocycles. The van der Waals surface area contributed by atoms with Crippen LogP contribution < -0.4 is 5.32 Å². The molecule has 1 aromatic rings. The lowest BCUT2D eigenvalue weighted by Gasteiger charge is -2.16. The van der Waals surface area contributed by atoms with Crippen LogP contribution in [0, 0.1) is 5.82 Å². The van der Waals surface area contributed by atoms with E-state index in [1.54, 1.807) is 30.1 Å². The maximum atomic E-state index is 13.4. The molecule has 0 spiro atoms. The molecule has 116 valence electrons. The summed E-state index contributed by atoms with van der Waals surface area (Å²) in [5, 5.41) is 2.65. The van der Waals surface area contributed by atoms with Crippen LogP contribution in [0.1, 0.15) is 31.7 Å². The van der Waals surface area contributed by atoms with Crippen molar-refractivity contribution in [3.8, 4) is 0 Å². The number of rotatable bonds is 8. The predicted molar refractivity (Wildman–Crippen MR) is 80.3 cm³/mol. The SMILES string of the molecule is CCCCN(C)C(=O)CC(=O)NCCc1ccccc1F. The molecule has 0 aliphatic carbocycles. The number of carbonyl (C=O) groups excluding carboxylic acids is 2. The second-order valence-corrected chi connectivity index (χ2v) is 5.04. The Morgan fingerprint density at radius 1 is 1.29 bits per heavy atom. The molecular formula is C16H23FN2O2. The van der Waals surface area contributed by atoms with Gasteiger partial charge in [0.25, 0.3) is 0 Å². The number of unbranched alkanes of at least 4 members (excludes halogenated alkanes) is 1. The van der Waals surface area contributed by atoms with Crippen molar-refractivity contribution in [1.82, 2.24) is 10.2 Å². The van der Waals surface area contributed by atoms with E-state index in [0.717, 1.165) is 12.8 Å². The third-order valence-electron chi connectivity index (χ3n) is 3.26. The lowest BCUT2D eigenvalue weighted by Crippen LogP contribution is -2.34. The van der Waals surface area contributed by atoms with Crippen molar-refractivity contribution in [2.75, 3.05) is 20.1 Å². The van der Waals surface area contributed by atoms with Crippen LogP contribution in [-0.2, 0) is 16.0 Å². The predicted octanol–water partition coefficient (Wildman–Crippen LogP) is 2.13. The van der Waals surface area contributed by atoms with Crippen LogP contribution in [-0.4, -0.2) is 36.9 Å². The minimum atomic E-state index is -0.320. The molecule has 1 aromatic carbocycles. The lowest BCUT2D eigenvalue weighted by atomic mass is 10.1. The van der Waals surface area contributed by atoms with Crippen molar-refractivity contribution in [1.29, 1.82) is 0 Å². The average Bonchev–Trinajstić information content (AvgIpc) is 2.46. The van der Waals surface area contributed by atoms with Gasteiger partial charge in [-0.15, -0.1) is 0 Å². The zero-order valence-corrected chi connectivity index (χ0v) is 12.7. The Balaban J connectivity index is 2.28. The number of nitrogens with zero attached hydrogens (tertiary/aromatic N) is 1. The molecule has 0 heterocycles. The molecule has 0 atom stereocenters. The summed E-state index contributed by atoms with van der Waals surface area (Å²) in [5.74, 6) is -0.784. The van der Waals surface area contributed by atoms with Crippen LogP contribution in [0.3, 0.4) is 0 Å². The fourth-order valence-corrected chi connectivity index (χ4v) is 1.89. The molecule has 2 amide bonds. The Morgan fingerprint density at radius 3 is 2.67 bits per heavy atom. The Labute approximate surface area is 125 Å². The van der Waals surface area contributed by atoms with Gasteiger partial charge < -0.3 is 10.2 Å². The minimum Gasteiger partial charge on any atom is -0.355 e. The van der Waals surface area contributed by atoms with Crippen molar-refractivity contribution in [3.63, 3.8) is 0 Å². The van der Waals surface area contributed by atoms with Crippen LogP contribution >= 0.6 is 0 Å². The fraction of sp³-hybridized carbons (Fsp3) is 0.500. The van der Waals surface area contributed by atoms with Gasteiger partial charge in [0.15, 0.2) is 0 Å². The first-order valence-electron chi connectivity index (χ1n) is 7.28. The third kappa shape index (κ3) is 6.38. The van der Waals surface area contributed by atoms with Crippen LogP contribution in [0.25, 0.3) is 0 Å². The summed E-state index contributed by atoms with van der Waals surface area (Å²) in [6.45, 7) is 3.04. The minimum absolute atomic E-state index is 0.155. The van der Waals surface area contributed by atoms with Gasteiger partial charge in [0.1, 0.15) is 12.2 Å². The number of carbonyl (C=O) groups is 2. The van der Waals surface area contributed by atoms with Gasteiger partial charge in [-0.05, 0) is 24.5 Å². The van der Waals surface area contributed by atoms with Gasteiger partial charge in [-0.25, -0.2) is 4.39 Å². The normalized spacial score (nSPS) is 10.2. The maximum Gasteiger partial charge on any atom is 0.231 e. The third-order valence-corrected chi connectivity index (χ3v) is 3.26. The van der Waals surface area contributed by atoms with Crippen LogP contribution in [0.4, 0.5) is 4.39 Å². The van der Waals surface area contributed by atoms with Crippen LogP contribution in [0.5, 0.6) is 0 Å². The first-order chi connectivity index (χ1) is 10.0. The zero-order valence-electron chi connectivity index (χ0n) is 12.7. The number of hydrogen-bond donors (Lipinski definition) is 1. The molecule has 1 N–H and O–H groups in total. The van der Waals surface area contributed by atoms with E-state index in [0.29, 0.717) is 25.1 Å². The van der Waals surface area contributed by atoms with E-state index in [2.05, 4.69) is 5.32 Å². The van der Waals surface area contributed by atoms with Gasteiger partial charge in [-0.3, -0.25) is 9.59 Å². The highest BCUT2D eigenvalue weighted by Gasteiger charge is 2.13. The second kappa shape index (κ2) is 9.10. The quantitative estimate of drug-likeness (QED) is 0.747. The topological polar surface area (TPSA) is 49.4 Å². The number of benzene rings is 1. The number of nitrogens with one attached hydrogen (secondary N) is 1. The van der Waals surface area contributed by atoms with Gasteiger partial charge >= 0.3 is 0 Å². The summed E-state index contributed by atoms with van der Waals surface area (Å²) in [6, 6.07) is 6.46. The second-order valence-electron chi connectivity index (χ2n) is 5.04. The molecule has 0 bridgehead atoms. The van der Waals surface area contributed by atoms with Crippen LogP contribution in [0.15, 0.2) is 24.3 Å². The summed E-state index contributed by atoms with van der Waals surface area (Å²) in [7, 11) is 1.70. The molecular weight excluding hydrogens is 271 g/mol. The summed E-state index contributed by atoms with van der Waals surface area (Å²) < 4.78 is 13.4. The molecule has 0 saturated carbocycles. The Bertz CT molecular complexity index is 477. The van der Waals surface area contributed by atoms with Crippen molar-refractivity contribution >= 4 is 11.8 Å². The molecule has 0 aliphatic heterocycles. The number of halogens is 1. The highest BCUT2D eigenvalue weighted by molar-refractivity contribution is 5.96. The Hall–Kier alpha value is -1.91. The van der Waals surface area contributed by atoms with E-state index in [-0.39, 0.29) is 24.1 Å². The molecule has 5 heteroatoms. The van der Waals surface area contributed by atoms with Gasteiger partial charge in [-0.2, -0.15) is 0 Å². The van der Waals surface area contributed by atoms with E-state index in [1.807, 2.05) is 6.92 Å². The number of amides is 2. The van der Waals surface area contributed by atoms with E-state index in [9.17, 15) is 14.0 Å². The summed E-state index contributed by atoms with van der Waals surface area (Å²) in [5.41, 5.74) is 0.559. The molecule has 4 nitrogen and oxygen atoms in total. The van der Waals surface area contributed by atoms with Gasteiger partial charge in [-0.1, -0.05) is 31.5 Å².